The number of fused-ring (bicyclic) bond motifs is 1. The normalized spacial score (nSPS) is 17.6. The summed E-state index contributed by atoms with van der Waals surface area (Å²) in [5.74, 6) is 1.42. The molecule has 2 aliphatic rings. The zero-order valence-electron chi connectivity index (χ0n) is 19.9. The van der Waals surface area contributed by atoms with E-state index in [9.17, 15) is 4.79 Å². The quantitative estimate of drug-likeness (QED) is 0.536. The molecule has 2 aliphatic heterocycles. The molecule has 3 N–H and O–H groups in total. The Kier molecular flexibility index (Phi) is 5.91. The molecule has 0 saturated carbocycles. The lowest BCUT2D eigenvalue weighted by Crippen LogP contribution is -2.43. The molecule has 0 atom stereocenters. The van der Waals surface area contributed by atoms with Crippen LogP contribution >= 0.6 is 0 Å². The third kappa shape index (κ3) is 4.72. The summed E-state index contributed by atoms with van der Waals surface area (Å²) in [5.41, 5.74) is 4.48. The predicted molar refractivity (Wildman–Crippen MR) is 134 cm³/mol. The highest BCUT2D eigenvalue weighted by Crippen LogP contribution is 2.36. The van der Waals surface area contributed by atoms with Gasteiger partial charge in [0.2, 0.25) is 5.95 Å². The number of pyridine rings is 1. The van der Waals surface area contributed by atoms with Crippen molar-refractivity contribution in [1.82, 2.24) is 25.2 Å². The number of hydrogen-bond acceptors (Lipinski definition) is 7. The van der Waals surface area contributed by atoms with Crippen molar-refractivity contribution in [3.05, 3.63) is 59.9 Å². The van der Waals surface area contributed by atoms with Gasteiger partial charge in [-0.25, -0.2) is 15.0 Å². The summed E-state index contributed by atoms with van der Waals surface area (Å²) in [6, 6.07) is 11.7. The molecule has 176 valence electrons. The third-order valence-electron chi connectivity index (χ3n) is 6.72. The van der Waals surface area contributed by atoms with Crippen LogP contribution < -0.4 is 16.0 Å². The Hall–Kier alpha value is -3.52. The largest absolute Gasteiger partial charge is 0.369 e. The molecular formula is C26H31N7O. The Balaban J connectivity index is 1.26. The lowest BCUT2D eigenvalue weighted by Gasteiger charge is -2.29. The van der Waals surface area contributed by atoms with E-state index < -0.39 is 0 Å². The van der Waals surface area contributed by atoms with Crippen LogP contribution in [0.3, 0.4) is 0 Å². The van der Waals surface area contributed by atoms with E-state index in [4.69, 9.17) is 0 Å². The maximum absolute atomic E-state index is 12.6. The first-order valence-electron chi connectivity index (χ1n) is 11.8. The highest BCUT2D eigenvalue weighted by atomic mass is 16.1. The van der Waals surface area contributed by atoms with Crippen molar-refractivity contribution in [2.24, 2.45) is 0 Å². The van der Waals surface area contributed by atoms with Crippen LogP contribution in [0.15, 0.2) is 48.8 Å². The molecule has 5 rings (SSSR count). The second-order valence-electron chi connectivity index (χ2n) is 9.88. The summed E-state index contributed by atoms with van der Waals surface area (Å²) in [6.07, 6.45) is 5.56. The first kappa shape index (κ1) is 22.3. The van der Waals surface area contributed by atoms with Gasteiger partial charge in [-0.2, -0.15) is 0 Å². The molecule has 1 fully saturated rings. The van der Waals surface area contributed by atoms with E-state index in [0.717, 1.165) is 55.2 Å². The van der Waals surface area contributed by atoms with Gasteiger partial charge in [0.05, 0.1) is 5.69 Å². The number of nitrogens with zero attached hydrogens (tertiary/aromatic N) is 4. The minimum atomic E-state index is -0.0270. The molecule has 8 nitrogen and oxygen atoms in total. The average Bonchev–Trinajstić information content (AvgIpc) is 3.15. The van der Waals surface area contributed by atoms with Crippen molar-refractivity contribution in [3.8, 4) is 11.3 Å². The van der Waals surface area contributed by atoms with Crippen LogP contribution in [0.2, 0.25) is 0 Å². The number of nitrogens with one attached hydrogen (secondary N) is 3. The Labute approximate surface area is 200 Å². The van der Waals surface area contributed by atoms with Gasteiger partial charge in [-0.15, -0.1) is 0 Å². The van der Waals surface area contributed by atoms with Crippen molar-refractivity contribution < 1.29 is 4.79 Å². The molecule has 0 spiro atoms. The molecule has 2 aromatic heterocycles. The maximum atomic E-state index is 12.6. The molecule has 0 radical (unpaired) electrons. The maximum Gasteiger partial charge on any atom is 0.251 e. The van der Waals surface area contributed by atoms with Crippen LogP contribution in [-0.2, 0) is 5.41 Å². The van der Waals surface area contributed by atoms with Gasteiger partial charge in [0.25, 0.3) is 5.91 Å². The number of piperidine rings is 1. The number of carbonyl (C=O) groups excluding carboxylic acids is 1. The monoisotopic (exact) mass is 457 g/mol. The van der Waals surface area contributed by atoms with Crippen molar-refractivity contribution in [2.45, 2.75) is 38.1 Å². The number of hydrogen-bond donors (Lipinski definition) is 3. The Bertz CT molecular complexity index is 1180. The van der Waals surface area contributed by atoms with Gasteiger partial charge in [0, 0.05) is 52.8 Å². The van der Waals surface area contributed by atoms with E-state index in [2.05, 4.69) is 62.8 Å². The number of benzene rings is 1. The highest BCUT2D eigenvalue weighted by molar-refractivity contribution is 5.94. The number of aromatic nitrogens is 3. The number of anilines is 3. The molecule has 1 amide bonds. The van der Waals surface area contributed by atoms with Crippen LogP contribution in [0.25, 0.3) is 11.3 Å². The smallest absolute Gasteiger partial charge is 0.251 e. The van der Waals surface area contributed by atoms with Crippen LogP contribution in [0, 0.1) is 0 Å². The van der Waals surface area contributed by atoms with Crippen LogP contribution in [-0.4, -0.2) is 58.5 Å². The summed E-state index contributed by atoms with van der Waals surface area (Å²) in [6.45, 7) is 7.33. The van der Waals surface area contributed by atoms with Gasteiger partial charge < -0.3 is 20.9 Å². The third-order valence-corrected chi connectivity index (χ3v) is 6.72. The molecule has 0 aliphatic carbocycles. The zero-order valence-corrected chi connectivity index (χ0v) is 19.9. The van der Waals surface area contributed by atoms with E-state index in [0.29, 0.717) is 11.5 Å². The molecule has 34 heavy (non-hydrogen) atoms. The van der Waals surface area contributed by atoms with Crippen molar-refractivity contribution in [3.63, 3.8) is 0 Å². The fraction of sp³-hybridized carbons (Fsp3) is 0.385. The summed E-state index contributed by atoms with van der Waals surface area (Å²) >= 11 is 0. The second-order valence-corrected chi connectivity index (χ2v) is 9.88. The second kappa shape index (κ2) is 9.02. The van der Waals surface area contributed by atoms with E-state index in [1.54, 1.807) is 6.20 Å². The Morgan fingerprint density at radius 1 is 1.12 bits per heavy atom. The number of carbonyl (C=O) groups is 1. The molecule has 3 aromatic rings. The van der Waals surface area contributed by atoms with Gasteiger partial charge in [-0.05, 0) is 69.4 Å². The average molecular weight is 458 g/mol. The molecule has 0 unspecified atom stereocenters. The van der Waals surface area contributed by atoms with Crippen LogP contribution in [0.5, 0.6) is 0 Å². The molecule has 0 bridgehead atoms. The molecular weight excluding hydrogens is 426 g/mol. The summed E-state index contributed by atoms with van der Waals surface area (Å²) in [7, 11) is 2.12. The van der Waals surface area contributed by atoms with Gasteiger partial charge in [-0.1, -0.05) is 13.8 Å². The lowest BCUT2D eigenvalue weighted by molar-refractivity contribution is 0.0917. The topological polar surface area (TPSA) is 95.1 Å². The fourth-order valence-electron chi connectivity index (χ4n) is 4.50. The zero-order chi connectivity index (χ0) is 23.7. The number of likely N-dealkylation sites (tertiary alicyclic amines) is 1. The van der Waals surface area contributed by atoms with Crippen LogP contribution in [0.4, 0.5) is 17.5 Å². The number of rotatable bonds is 5. The van der Waals surface area contributed by atoms with E-state index >= 15 is 0 Å². The SMILES string of the molecule is CN1CCC(NC(=O)c2ccc(Nc3nccc(-c4cnc5c(c4)C(C)(C)CN5)n3)cc2)CC1. The minimum Gasteiger partial charge on any atom is -0.369 e. The van der Waals surface area contributed by atoms with E-state index in [-0.39, 0.29) is 17.4 Å². The van der Waals surface area contributed by atoms with Crippen LogP contribution in [0.1, 0.15) is 42.6 Å². The van der Waals surface area contributed by atoms with Gasteiger partial charge >= 0.3 is 0 Å². The highest BCUT2D eigenvalue weighted by Gasteiger charge is 2.31. The summed E-state index contributed by atoms with van der Waals surface area (Å²) in [5, 5.41) is 9.76. The summed E-state index contributed by atoms with van der Waals surface area (Å²) < 4.78 is 0. The minimum absolute atomic E-state index is 0.0270. The van der Waals surface area contributed by atoms with Crippen molar-refractivity contribution >= 4 is 23.4 Å². The first-order valence-corrected chi connectivity index (χ1v) is 11.8. The molecule has 1 saturated heterocycles. The summed E-state index contributed by atoms with van der Waals surface area (Å²) in [4.78, 5) is 28.5. The van der Waals surface area contributed by atoms with Crippen molar-refractivity contribution in [1.29, 1.82) is 0 Å². The Morgan fingerprint density at radius 3 is 2.65 bits per heavy atom. The standard InChI is InChI=1S/C26H31N7O/c1-26(2)16-29-23-21(26)14-18(15-28-23)22-8-11-27-25(32-22)31-19-6-4-17(5-7-19)24(34)30-20-9-12-33(3)13-10-20/h4-8,11,14-15,20H,9-10,12-13,16H2,1-3H3,(H,28,29)(H,30,34)(H,27,31,32). The van der Waals surface area contributed by atoms with Gasteiger partial charge in [-0.3, -0.25) is 4.79 Å². The van der Waals surface area contributed by atoms with E-state index in [1.807, 2.05) is 36.5 Å². The van der Waals surface area contributed by atoms with Crippen molar-refractivity contribution in [2.75, 3.05) is 37.3 Å². The van der Waals surface area contributed by atoms with E-state index in [1.165, 1.54) is 5.56 Å². The number of amides is 1. The Morgan fingerprint density at radius 2 is 1.88 bits per heavy atom. The fourth-order valence-corrected chi connectivity index (χ4v) is 4.50. The first-order chi connectivity index (χ1) is 16.4. The molecule has 4 heterocycles. The van der Waals surface area contributed by atoms with Gasteiger partial charge in [0.1, 0.15) is 5.82 Å². The van der Waals surface area contributed by atoms with Gasteiger partial charge in [0.15, 0.2) is 0 Å². The lowest BCUT2D eigenvalue weighted by atomic mass is 9.87. The molecule has 8 heteroatoms. The predicted octanol–water partition coefficient (Wildman–Crippen LogP) is 3.81. The molecule has 1 aromatic carbocycles.